The van der Waals surface area contributed by atoms with Crippen LogP contribution in [0.15, 0.2) is 0 Å². The van der Waals surface area contributed by atoms with Gasteiger partial charge in [-0.3, -0.25) is 0 Å². The molecule has 1 heterocycles. The lowest BCUT2D eigenvalue weighted by atomic mass is 10.1. The summed E-state index contributed by atoms with van der Waals surface area (Å²) >= 11 is 1.65. The van der Waals surface area contributed by atoms with Crippen LogP contribution in [0.25, 0.3) is 0 Å². The van der Waals surface area contributed by atoms with E-state index in [0.717, 1.165) is 25.7 Å². The fraction of sp³-hybridized carbons (Fsp3) is 0.500. The van der Waals surface area contributed by atoms with Gasteiger partial charge in [0.2, 0.25) is 0 Å². The van der Waals surface area contributed by atoms with Gasteiger partial charge in [-0.05, 0) is 6.42 Å². The highest BCUT2D eigenvalue weighted by Crippen LogP contribution is 2.37. The topological polar surface area (TPSA) is 90.7 Å². The van der Waals surface area contributed by atoms with E-state index in [1.807, 2.05) is 12.1 Å². The van der Waals surface area contributed by atoms with Crippen LogP contribution in [0.1, 0.15) is 53.2 Å². The zero-order chi connectivity index (χ0) is 13.5. The highest BCUT2D eigenvalue weighted by Gasteiger charge is 2.31. The summed E-state index contributed by atoms with van der Waals surface area (Å²) in [6.07, 6.45) is 3.81. The highest BCUT2D eigenvalue weighted by atomic mass is 32.1. The fourth-order valence-corrected chi connectivity index (χ4v) is 3.40. The summed E-state index contributed by atoms with van der Waals surface area (Å²) in [6.45, 7) is 2.09. The maximum absolute atomic E-state index is 11.2. The van der Waals surface area contributed by atoms with Gasteiger partial charge in [0.15, 0.2) is 0 Å². The van der Waals surface area contributed by atoms with Crippen LogP contribution in [0.3, 0.4) is 0 Å². The summed E-state index contributed by atoms with van der Waals surface area (Å²) in [5, 5.41) is 17.7. The number of unbranched alkanes of at least 4 members (excludes halogenated alkanes) is 2. The van der Waals surface area contributed by atoms with Crippen LogP contribution in [0, 0.1) is 22.7 Å². The summed E-state index contributed by atoms with van der Waals surface area (Å²) in [5.74, 6) is 0. The fourth-order valence-electron chi connectivity index (χ4n) is 1.69. The summed E-state index contributed by atoms with van der Waals surface area (Å²) in [7, 11) is 0. The maximum atomic E-state index is 11.2. The molecule has 18 heavy (non-hydrogen) atoms. The third-order valence-corrected chi connectivity index (χ3v) is 4.74. The second-order valence-electron chi connectivity index (χ2n) is 3.89. The van der Waals surface area contributed by atoms with Crippen LogP contribution in [-0.4, -0.2) is 0 Å². The Labute approximate surface area is 115 Å². The predicted molar refractivity (Wildman–Crippen MR) is 73.1 cm³/mol. The van der Waals surface area contributed by atoms with E-state index in [9.17, 15) is 4.21 Å². The van der Waals surface area contributed by atoms with E-state index in [1.165, 1.54) is 11.3 Å². The monoisotopic (exact) mass is 280 g/mol. The zero-order valence-electron chi connectivity index (χ0n) is 10.1. The normalized spacial score (nSPS) is 11.5. The van der Waals surface area contributed by atoms with E-state index >= 15 is 0 Å². The van der Waals surface area contributed by atoms with Crippen molar-refractivity contribution in [2.75, 3.05) is 5.73 Å². The van der Waals surface area contributed by atoms with Gasteiger partial charge in [0.05, 0.1) is 16.1 Å². The number of anilines is 1. The lowest BCUT2D eigenvalue weighted by molar-refractivity contribution is 0.588. The van der Waals surface area contributed by atoms with E-state index in [2.05, 4.69) is 6.92 Å². The molecule has 94 valence electrons. The lowest BCUT2D eigenvalue weighted by Crippen LogP contribution is -1.98. The molecule has 0 aromatic carbocycles. The molecular weight excluding hydrogens is 266 g/mol. The number of hydrogen-bond acceptors (Lipinski definition) is 5. The number of nitrogen functional groups attached to an aromatic ring is 1. The van der Waals surface area contributed by atoms with Crippen molar-refractivity contribution in [3.05, 3.63) is 15.3 Å². The Morgan fingerprint density at radius 2 is 2.11 bits per heavy atom. The molecule has 1 rings (SSSR count). The molecule has 0 aliphatic heterocycles. The molecule has 0 radical (unpaired) electrons. The van der Waals surface area contributed by atoms with Crippen LogP contribution >= 0.6 is 11.3 Å². The van der Waals surface area contributed by atoms with E-state index < -0.39 is 0 Å². The van der Waals surface area contributed by atoms with Crippen LogP contribution in [0.5, 0.6) is 0 Å². The van der Waals surface area contributed by atoms with Gasteiger partial charge in [0.1, 0.15) is 17.0 Å². The quantitative estimate of drug-likeness (QED) is 0.640. The molecule has 0 spiro atoms. The number of hydrogen-bond donors (Lipinski definition) is 1. The second-order valence-corrected chi connectivity index (χ2v) is 5.70. The first kappa shape index (κ1) is 14.6. The number of nitriles is 2. The standard InChI is InChI=1S/C12H14N3OS2/c1-2-3-4-5-9(18-16)12-8(6-13)11(15)10(7-14)17-12/h9H,2-5,15H2,1H3/q+1. The lowest BCUT2D eigenvalue weighted by Gasteiger charge is -1.98. The molecule has 1 unspecified atom stereocenters. The van der Waals surface area contributed by atoms with Crippen molar-refractivity contribution in [1.29, 1.82) is 10.5 Å². The zero-order valence-corrected chi connectivity index (χ0v) is 11.7. The van der Waals surface area contributed by atoms with Crippen molar-refractivity contribution in [3.8, 4) is 12.1 Å². The largest absolute Gasteiger partial charge is 0.468 e. The molecule has 0 aliphatic carbocycles. The molecule has 0 saturated heterocycles. The molecule has 0 amide bonds. The number of rotatable bonds is 6. The van der Waals surface area contributed by atoms with Crippen LogP contribution in [-0.2, 0) is 15.9 Å². The first-order chi connectivity index (χ1) is 8.69. The summed E-state index contributed by atoms with van der Waals surface area (Å²) in [4.78, 5) is 0.985. The molecule has 4 nitrogen and oxygen atoms in total. The van der Waals surface area contributed by atoms with E-state index in [0.29, 0.717) is 27.0 Å². The smallest absolute Gasteiger partial charge is 0.396 e. The predicted octanol–water partition coefficient (Wildman–Crippen LogP) is 3.12. The van der Waals surface area contributed by atoms with Crippen molar-refractivity contribution < 1.29 is 4.21 Å². The number of nitrogens with zero attached hydrogens (tertiary/aromatic N) is 2. The Balaban J connectivity index is 3.03. The molecule has 0 aliphatic rings. The van der Waals surface area contributed by atoms with E-state index in [4.69, 9.17) is 16.3 Å². The van der Waals surface area contributed by atoms with Gasteiger partial charge < -0.3 is 5.73 Å². The summed E-state index contributed by atoms with van der Waals surface area (Å²) < 4.78 is 11.2. The molecule has 0 bridgehead atoms. The highest BCUT2D eigenvalue weighted by molar-refractivity contribution is 7.66. The molecule has 0 saturated carbocycles. The van der Waals surface area contributed by atoms with Gasteiger partial charge in [-0.15, -0.1) is 11.3 Å². The summed E-state index contributed by atoms with van der Waals surface area (Å²) in [5.41, 5.74) is 6.25. The van der Waals surface area contributed by atoms with Gasteiger partial charge in [-0.1, -0.05) is 19.8 Å². The Hall–Kier alpha value is -1.50. The summed E-state index contributed by atoms with van der Waals surface area (Å²) in [6, 6.07) is 3.97. The van der Waals surface area contributed by atoms with Crippen molar-refractivity contribution >= 4 is 28.7 Å². The molecule has 6 heteroatoms. The van der Waals surface area contributed by atoms with Gasteiger partial charge in [0.25, 0.3) is 5.25 Å². The SMILES string of the molecule is CCCCCC([S+]=O)c1sc(C#N)c(N)c1C#N. The number of nitrogens with two attached hydrogens (primary N) is 1. The minimum atomic E-state index is -0.277. The molecule has 0 fully saturated rings. The van der Waals surface area contributed by atoms with Crippen molar-refractivity contribution in [2.45, 2.75) is 37.9 Å². The van der Waals surface area contributed by atoms with Crippen LogP contribution < -0.4 is 5.73 Å². The average Bonchev–Trinajstić information content (AvgIpc) is 2.71. The second kappa shape index (κ2) is 7.05. The first-order valence-electron chi connectivity index (χ1n) is 5.70. The molecule has 1 atom stereocenters. The Morgan fingerprint density at radius 3 is 2.61 bits per heavy atom. The van der Waals surface area contributed by atoms with Crippen molar-refractivity contribution in [1.82, 2.24) is 0 Å². The van der Waals surface area contributed by atoms with Gasteiger partial charge in [-0.2, -0.15) is 10.5 Å². The third kappa shape index (κ3) is 3.04. The van der Waals surface area contributed by atoms with Crippen molar-refractivity contribution in [2.24, 2.45) is 0 Å². The third-order valence-electron chi connectivity index (χ3n) is 2.66. The Kier molecular flexibility index (Phi) is 5.70. The Morgan fingerprint density at radius 1 is 1.39 bits per heavy atom. The van der Waals surface area contributed by atoms with Gasteiger partial charge in [0, 0.05) is 10.6 Å². The van der Waals surface area contributed by atoms with Crippen molar-refractivity contribution in [3.63, 3.8) is 0 Å². The van der Waals surface area contributed by atoms with Crippen LogP contribution in [0.2, 0.25) is 0 Å². The molecule has 2 N–H and O–H groups in total. The minimum Gasteiger partial charge on any atom is -0.396 e. The number of thiophene rings is 1. The van der Waals surface area contributed by atoms with E-state index in [-0.39, 0.29) is 10.9 Å². The molecule has 1 aromatic heterocycles. The van der Waals surface area contributed by atoms with E-state index in [1.54, 1.807) is 0 Å². The van der Waals surface area contributed by atoms with Gasteiger partial charge in [-0.25, -0.2) is 0 Å². The molecular formula is C12H14N3OS2+. The first-order valence-corrected chi connectivity index (χ1v) is 7.32. The van der Waals surface area contributed by atoms with Gasteiger partial charge >= 0.3 is 11.7 Å². The van der Waals surface area contributed by atoms with Crippen LogP contribution in [0.4, 0.5) is 5.69 Å². The Bertz CT molecular complexity index is 511. The maximum Gasteiger partial charge on any atom is 0.468 e. The molecule has 1 aromatic rings. The minimum absolute atomic E-state index is 0.217. The average molecular weight is 280 g/mol.